The van der Waals surface area contributed by atoms with Crippen LogP contribution in [0.5, 0.6) is 0 Å². The Bertz CT molecular complexity index is 933. The van der Waals surface area contributed by atoms with Gasteiger partial charge in [-0.2, -0.15) is 0 Å². The smallest absolute Gasteiger partial charge is 0.258 e. The summed E-state index contributed by atoms with van der Waals surface area (Å²) < 4.78 is 7.53. The summed E-state index contributed by atoms with van der Waals surface area (Å²) >= 11 is 1.58. The molecular weight excluding hydrogens is 370 g/mol. The van der Waals surface area contributed by atoms with Gasteiger partial charge in [0.2, 0.25) is 0 Å². The van der Waals surface area contributed by atoms with Crippen LogP contribution in [0, 0.1) is 13.8 Å². The fraction of sp³-hybridized carbons (Fsp3) is 0.318. The molecule has 0 aliphatic carbocycles. The molecule has 1 fully saturated rings. The maximum atomic E-state index is 12.9. The van der Waals surface area contributed by atoms with E-state index in [1.807, 2.05) is 23.6 Å². The molecule has 6 heteroatoms. The standard InChI is InChI=1S/C22H25N3O2S/c1-16-3-4-17(2)25(16)22-20(9-14-28-22)21(26)23-19-7-5-18(6-8-19)15-24-10-12-27-13-11-24/h3-9,14H,10-13,15H2,1-2H3,(H,23,26). The van der Waals surface area contributed by atoms with Crippen molar-refractivity contribution in [1.29, 1.82) is 0 Å². The zero-order chi connectivity index (χ0) is 19.5. The third-order valence-electron chi connectivity index (χ3n) is 5.09. The van der Waals surface area contributed by atoms with Crippen molar-refractivity contribution in [2.75, 3.05) is 31.6 Å². The molecule has 1 saturated heterocycles. The van der Waals surface area contributed by atoms with Crippen molar-refractivity contribution in [3.05, 3.63) is 70.4 Å². The van der Waals surface area contributed by atoms with E-state index in [1.54, 1.807) is 11.3 Å². The summed E-state index contributed by atoms with van der Waals surface area (Å²) in [5, 5.41) is 5.96. The lowest BCUT2D eigenvalue weighted by Gasteiger charge is -2.26. The molecule has 0 spiro atoms. The van der Waals surface area contributed by atoms with Gasteiger partial charge in [0.15, 0.2) is 0 Å². The zero-order valence-corrected chi connectivity index (χ0v) is 17.1. The fourth-order valence-corrected chi connectivity index (χ4v) is 4.56. The highest BCUT2D eigenvalue weighted by Crippen LogP contribution is 2.26. The summed E-state index contributed by atoms with van der Waals surface area (Å²) in [6.45, 7) is 8.58. The van der Waals surface area contributed by atoms with Crippen LogP contribution >= 0.6 is 11.3 Å². The van der Waals surface area contributed by atoms with Gasteiger partial charge >= 0.3 is 0 Å². The van der Waals surface area contributed by atoms with Crippen molar-refractivity contribution >= 4 is 22.9 Å². The van der Waals surface area contributed by atoms with Crippen LogP contribution in [0.3, 0.4) is 0 Å². The first-order valence-electron chi connectivity index (χ1n) is 9.55. The molecule has 146 valence electrons. The first-order chi connectivity index (χ1) is 13.6. The third kappa shape index (κ3) is 4.04. The Kier molecular flexibility index (Phi) is 5.62. The number of benzene rings is 1. The first-order valence-corrected chi connectivity index (χ1v) is 10.4. The van der Waals surface area contributed by atoms with Crippen LogP contribution in [0.4, 0.5) is 5.69 Å². The molecule has 1 amide bonds. The number of hydrogen-bond donors (Lipinski definition) is 1. The fourth-order valence-electron chi connectivity index (χ4n) is 3.55. The predicted molar refractivity (Wildman–Crippen MR) is 114 cm³/mol. The van der Waals surface area contributed by atoms with Gasteiger partial charge in [0.1, 0.15) is 5.00 Å². The minimum Gasteiger partial charge on any atom is -0.379 e. The normalized spacial score (nSPS) is 14.9. The van der Waals surface area contributed by atoms with E-state index in [4.69, 9.17) is 4.74 Å². The van der Waals surface area contributed by atoms with E-state index in [9.17, 15) is 4.79 Å². The second kappa shape index (κ2) is 8.31. The lowest BCUT2D eigenvalue weighted by atomic mass is 10.2. The lowest BCUT2D eigenvalue weighted by molar-refractivity contribution is 0.0342. The van der Waals surface area contributed by atoms with Crippen molar-refractivity contribution < 1.29 is 9.53 Å². The molecular formula is C22H25N3O2S. The van der Waals surface area contributed by atoms with Crippen molar-refractivity contribution in [3.63, 3.8) is 0 Å². The summed E-state index contributed by atoms with van der Waals surface area (Å²) in [5.74, 6) is -0.0790. The van der Waals surface area contributed by atoms with Crippen LogP contribution in [0.15, 0.2) is 47.8 Å². The zero-order valence-electron chi connectivity index (χ0n) is 16.3. The molecule has 0 saturated carbocycles. The molecule has 3 heterocycles. The van der Waals surface area contributed by atoms with Crippen molar-refractivity contribution in [3.8, 4) is 5.00 Å². The van der Waals surface area contributed by atoms with E-state index in [2.05, 4.69) is 52.9 Å². The Morgan fingerprint density at radius 1 is 1.04 bits per heavy atom. The summed E-state index contributed by atoms with van der Waals surface area (Å²) in [6.07, 6.45) is 0. The number of amides is 1. The van der Waals surface area contributed by atoms with E-state index in [0.717, 1.165) is 54.9 Å². The molecule has 1 N–H and O–H groups in total. The Morgan fingerprint density at radius 2 is 1.71 bits per heavy atom. The van der Waals surface area contributed by atoms with Gasteiger partial charge in [0.05, 0.1) is 18.8 Å². The van der Waals surface area contributed by atoms with Gasteiger partial charge in [0, 0.05) is 36.7 Å². The maximum Gasteiger partial charge on any atom is 0.258 e. The minimum absolute atomic E-state index is 0.0790. The molecule has 3 aromatic rings. The Morgan fingerprint density at radius 3 is 2.39 bits per heavy atom. The number of aryl methyl sites for hydroxylation is 2. The number of aromatic nitrogens is 1. The molecule has 1 aliphatic rings. The monoisotopic (exact) mass is 395 g/mol. The van der Waals surface area contributed by atoms with Gasteiger partial charge in [-0.05, 0) is 55.1 Å². The average Bonchev–Trinajstić information content (AvgIpc) is 3.30. The number of anilines is 1. The van der Waals surface area contributed by atoms with E-state index < -0.39 is 0 Å². The van der Waals surface area contributed by atoms with E-state index in [0.29, 0.717) is 5.56 Å². The average molecular weight is 396 g/mol. The number of nitrogens with one attached hydrogen (secondary N) is 1. The number of carbonyl (C=O) groups is 1. The lowest BCUT2D eigenvalue weighted by Crippen LogP contribution is -2.35. The van der Waals surface area contributed by atoms with Crippen molar-refractivity contribution in [2.45, 2.75) is 20.4 Å². The largest absolute Gasteiger partial charge is 0.379 e. The SMILES string of the molecule is Cc1ccc(C)n1-c1sccc1C(=O)Nc1ccc(CN2CCOCC2)cc1. The number of carbonyl (C=O) groups excluding carboxylic acids is 1. The van der Waals surface area contributed by atoms with Gasteiger partial charge < -0.3 is 14.6 Å². The van der Waals surface area contributed by atoms with Crippen LogP contribution < -0.4 is 5.32 Å². The Labute approximate surface area is 169 Å². The Balaban J connectivity index is 1.45. The maximum absolute atomic E-state index is 12.9. The number of thiophene rings is 1. The number of nitrogens with zero attached hydrogens (tertiary/aromatic N) is 2. The van der Waals surface area contributed by atoms with Gasteiger partial charge in [-0.25, -0.2) is 0 Å². The number of ether oxygens (including phenoxy) is 1. The second-order valence-electron chi connectivity index (χ2n) is 7.13. The number of rotatable bonds is 5. The van der Waals surface area contributed by atoms with Gasteiger partial charge in [-0.3, -0.25) is 9.69 Å². The quantitative estimate of drug-likeness (QED) is 0.703. The van der Waals surface area contributed by atoms with Crippen LogP contribution in [0.2, 0.25) is 0 Å². The van der Waals surface area contributed by atoms with Crippen LogP contribution in [-0.2, 0) is 11.3 Å². The summed E-state index contributed by atoms with van der Waals surface area (Å²) in [4.78, 5) is 15.3. The summed E-state index contributed by atoms with van der Waals surface area (Å²) in [6, 6.07) is 14.2. The minimum atomic E-state index is -0.0790. The van der Waals surface area contributed by atoms with Crippen LogP contribution in [0.25, 0.3) is 5.00 Å². The third-order valence-corrected chi connectivity index (χ3v) is 5.98. The van der Waals surface area contributed by atoms with Gasteiger partial charge in [-0.1, -0.05) is 12.1 Å². The summed E-state index contributed by atoms with van der Waals surface area (Å²) in [5.41, 5.74) is 5.01. The summed E-state index contributed by atoms with van der Waals surface area (Å²) in [7, 11) is 0. The molecule has 0 bridgehead atoms. The molecule has 0 radical (unpaired) electrons. The van der Waals surface area contributed by atoms with Crippen molar-refractivity contribution in [1.82, 2.24) is 9.47 Å². The van der Waals surface area contributed by atoms with E-state index in [1.165, 1.54) is 5.56 Å². The molecule has 0 atom stereocenters. The van der Waals surface area contributed by atoms with E-state index in [-0.39, 0.29) is 5.91 Å². The topological polar surface area (TPSA) is 46.5 Å². The van der Waals surface area contributed by atoms with Gasteiger partial charge in [-0.15, -0.1) is 11.3 Å². The van der Waals surface area contributed by atoms with E-state index >= 15 is 0 Å². The molecule has 1 aliphatic heterocycles. The van der Waals surface area contributed by atoms with Crippen LogP contribution in [0.1, 0.15) is 27.3 Å². The molecule has 1 aromatic carbocycles. The molecule has 0 unspecified atom stereocenters. The molecule has 2 aromatic heterocycles. The number of hydrogen-bond acceptors (Lipinski definition) is 4. The van der Waals surface area contributed by atoms with Crippen LogP contribution in [-0.4, -0.2) is 41.7 Å². The van der Waals surface area contributed by atoms with Crippen molar-refractivity contribution in [2.24, 2.45) is 0 Å². The molecule has 28 heavy (non-hydrogen) atoms. The Hall–Kier alpha value is -2.41. The molecule has 5 nitrogen and oxygen atoms in total. The first kappa shape index (κ1) is 18.9. The highest BCUT2D eigenvalue weighted by Gasteiger charge is 2.17. The second-order valence-corrected chi connectivity index (χ2v) is 8.03. The highest BCUT2D eigenvalue weighted by molar-refractivity contribution is 7.13. The number of morpholine rings is 1. The predicted octanol–water partition coefficient (Wildman–Crippen LogP) is 4.24. The highest BCUT2D eigenvalue weighted by atomic mass is 32.1. The molecule has 4 rings (SSSR count). The van der Waals surface area contributed by atoms with Gasteiger partial charge in [0.25, 0.3) is 5.91 Å².